The third kappa shape index (κ3) is 1.55. The molecular formula is C16H12O2S. The summed E-state index contributed by atoms with van der Waals surface area (Å²) in [6.07, 6.45) is 2.13. The molecule has 2 aromatic rings. The molecule has 0 bridgehead atoms. The number of carbonyl (C=O) groups is 2. The number of carbonyl (C=O) groups excluding carboxylic acids is 2. The molecule has 0 radical (unpaired) electrons. The van der Waals surface area contributed by atoms with E-state index in [9.17, 15) is 9.59 Å². The summed E-state index contributed by atoms with van der Waals surface area (Å²) in [4.78, 5) is 25.4. The van der Waals surface area contributed by atoms with Gasteiger partial charge in [-0.1, -0.05) is 6.07 Å². The van der Waals surface area contributed by atoms with Crippen molar-refractivity contribution in [1.29, 1.82) is 0 Å². The zero-order chi connectivity index (χ0) is 13.0. The maximum Gasteiger partial charge on any atom is 0.171 e. The Morgan fingerprint density at radius 3 is 2.68 bits per heavy atom. The SMILES string of the molecule is O=C1CCc2cc3c(cc21)CC(c1cccs1)C3=O. The van der Waals surface area contributed by atoms with Gasteiger partial charge in [-0.05, 0) is 47.5 Å². The third-order valence-corrected chi connectivity index (χ3v) is 5.13. The van der Waals surface area contributed by atoms with E-state index in [1.54, 1.807) is 11.3 Å². The summed E-state index contributed by atoms with van der Waals surface area (Å²) in [5.74, 6) is 0.414. The van der Waals surface area contributed by atoms with Crippen molar-refractivity contribution >= 4 is 22.9 Å². The molecule has 2 aliphatic carbocycles. The minimum atomic E-state index is -0.0346. The number of ketones is 2. The van der Waals surface area contributed by atoms with Gasteiger partial charge in [0, 0.05) is 22.4 Å². The molecule has 1 heterocycles. The Kier molecular flexibility index (Phi) is 2.27. The van der Waals surface area contributed by atoms with Gasteiger partial charge in [0.05, 0.1) is 5.92 Å². The number of fused-ring (bicyclic) bond motifs is 2. The van der Waals surface area contributed by atoms with Gasteiger partial charge in [0.25, 0.3) is 0 Å². The second-order valence-electron chi connectivity index (χ2n) is 5.23. The number of Topliss-reactive ketones (excluding diaryl/α,β-unsaturated/α-hetero) is 2. The normalized spacial score (nSPS) is 20.7. The van der Waals surface area contributed by atoms with Crippen molar-refractivity contribution in [2.45, 2.75) is 25.2 Å². The quantitative estimate of drug-likeness (QED) is 0.794. The highest BCUT2D eigenvalue weighted by molar-refractivity contribution is 7.10. The van der Waals surface area contributed by atoms with Gasteiger partial charge >= 0.3 is 0 Å². The molecule has 0 aliphatic heterocycles. The molecule has 1 unspecified atom stereocenters. The lowest BCUT2D eigenvalue weighted by molar-refractivity contribution is 0.0971. The van der Waals surface area contributed by atoms with Gasteiger partial charge in [-0.15, -0.1) is 11.3 Å². The minimum absolute atomic E-state index is 0.0346. The van der Waals surface area contributed by atoms with E-state index in [1.165, 1.54) is 0 Å². The average molecular weight is 268 g/mol. The first-order chi connectivity index (χ1) is 9.24. The molecule has 2 aliphatic rings. The van der Waals surface area contributed by atoms with E-state index in [0.717, 1.165) is 40.0 Å². The first-order valence-electron chi connectivity index (χ1n) is 6.50. The van der Waals surface area contributed by atoms with Gasteiger partial charge in [-0.3, -0.25) is 9.59 Å². The van der Waals surface area contributed by atoms with Crippen LogP contribution in [0.5, 0.6) is 0 Å². The lowest BCUT2D eigenvalue weighted by atomic mass is 10.0. The van der Waals surface area contributed by atoms with E-state index >= 15 is 0 Å². The van der Waals surface area contributed by atoms with Crippen molar-refractivity contribution in [2.75, 3.05) is 0 Å². The van der Waals surface area contributed by atoms with Crippen molar-refractivity contribution in [3.8, 4) is 0 Å². The molecule has 1 aromatic heterocycles. The van der Waals surface area contributed by atoms with Crippen molar-refractivity contribution in [1.82, 2.24) is 0 Å². The van der Waals surface area contributed by atoms with Gasteiger partial charge < -0.3 is 0 Å². The van der Waals surface area contributed by atoms with E-state index in [4.69, 9.17) is 0 Å². The maximum absolute atomic E-state index is 12.5. The van der Waals surface area contributed by atoms with E-state index in [0.29, 0.717) is 6.42 Å². The van der Waals surface area contributed by atoms with Crippen LogP contribution < -0.4 is 0 Å². The molecule has 94 valence electrons. The molecule has 0 amide bonds. The van der Waals surface area contributed by atoms with Crippen LogP contribution in [0, 0.1) is 0 Å². The van der Waals surface area contributed by atoms with Gasteiger partial charge in [-0.2, -0.15) is 0 Å². The summed E-state index contributed by atoms with van der Waals surface area (Å²) in [7, 11) is 0. The summed E-state index contributed by atoms with van der Waals surface area (Å²) >= 11 is 1.64. The fraction of sp³-hybridized carbons (Fsp3) is 0.250. The highest BCUT2D eigenvalue weighted by Crippen LogP contribution is 2.38. The highest BCUT2D eigenvalue weighted by atomic mass is 32.1. The fourth-order valence-electron chi connectivity index (χ4n) is 3.16. The summed E-state index contributed by atoms with van der Waals surface area (Å²) in [6, 6.07) is 7.94. The first kappa shape index (κ1) is 11.1. The lowest BCUT2D eigenvalue weighted by Gasteiger charge is -2.03. The topological polar surface area (TPSA) is 34.1 Å². The fourth-order valence-corrected chi connectivity index (χ4v) is 3.98. The van der Waals surface area contributed by atoms with E-state index < -0.39 is 0 Å². The molecule has 1 aromatic carbocycles. The summed E-state index contributed by atoms with van der Waals surface area (Å²) in [5, 5.41) is 2.01. The predicted octanol–water partition coefficient (Wildman–Crippen LogP) is 3.40. The lowest BCUT2D eigenvalue weighted by Crippen LogP contribution is -2.05. The van der Waals surface area contributed by atoms with E-state index in [2.05, 4.69) is 0 Å². The molecular weight excluding hydrogens is 256 g/mol. The number of rotatable bonds is 1. The van der Waals surface area contributed by atoms with Crippen LogP contribution in [0.15, 0.2) is 29.6 Å². The molecule has 0 saturated carbocycles. The molecule has 0 fully saturated rings. The number of hydrogen-bond acceptors (Lipinski definition) is 3. The first-order valence-corrected chi connectivity index (χ1v) is 7.38. The van der Waals surface area contributed by atoms with Gasteiger partial charge in [-0.25, -0.2) is 0 Å². The van der Waals surface area contributed by atoms with E-state index in [1.807, 2.05) is 29.6 Å². The largest absolute Gasteiger partial charge is 0.294 e. The summed E-state index contributed by atoms with van der Waals surface area (Å²) in [5.41, 5.74) is 3.80. The van der Waals surface area contributed by atoms with Gasteiger partial charge in [0.1, 0.15) is 0 Å². The van der Waals surface area contributed by atoms with Crippen molar-refractivity contribution < 1.29 is 9.59 Å². The zero-order valence-corrected chi connectivity index (χ0v) is 11.1. The van der Waals surface area contributed by atoms with Crippen molar-refractivity contribution in [3.05, 3.63) is 56.8 Å². The second-order valence-corrected chi connectivity index (χ2v) is 6.21. The zero-order valence-electron chi connectivity index (χ0n) is 10.3. The minimum Gasteiger partial charge on any atom is -0.294 e. The Bertz CT molecular complexity index is 698. The van der Waals surface area contributed by atoms with Crippen LogP contribution in [0.2, 0.25) is 0 Å². The Balaban J connectivity index is 1.81. The second kappa shape index (κ2) is 3.87. The average Bonchev–Trinajstić information content (AvgIpc) is 3.10. The van der Waals surface area contributed by atoms with Crippen LogP contribution >= 0.6 is 11.3 Å². The number of hydrogen-bond donors (Lipinski definition) is 0. The van der Waals surface area contributed by atoms with Crippen LogP contribution in [-0.2, 0) is 12.8 Å². The summed E-state index contributed by atoms with van der Waals surface area (Å²) < 4.78 is 0. The molecule has 3 heteroatoms. The Morgan fingerprint density at radius 1 is 1.05 bits per heavy atom. The van der Waals surface area contributed by atoms with Crippen molar-refractivity contribution in [2.24, 2.45) is 0 Å². The summed E-state index contributed by atoms with van der Waals surface area (Å²) in [6.45, 7) is 0. The van der Waals surface area contributed by atoms with Crippen LogP contribution in [-0.4, -0.2) is 11.6 Å². The molecule has 2 nitrogen and oxygen atoms in total. The predicted molar refractivity (Wildman–Crippen MR) is 74.2 cm³/mol. The van der Waals surface area contributed by atoms with Crippen LogP contribution in [0.1, 0.15) is 49.1 Å². The van der Waals surface area contributed by atoms with E-state index in [-0.39, 0.29) is 17.5 Å². The molecule has 0 spiro atoms. The molecule has 0 N–H and O–H groups in total. The standard InChI is InChI=1S/C16H12O2S/c17-14-4-3-9-6-12-10(7-11(9)14)8-13(16(12)18)15-2-1-5-19-15/h1-2,5-7,13H,3-4,8H2. The van der Waals surface area contributed by atoms with Gasteiger partial charge in [0.15, 0.2) is 11.6 Å². The molecule has 1 atom stereocenters. The highest BCUT2D eigenvalue weighted by Gasteiger charge is 2.34. The van der Waals surface area contributed by atoms with Crippen LogP contribution in [0.4, 0.5) is 0 Å². The van der Waals surface area contributed by atoms with Crippen LogP contribution in [0.25, 0.3) is 0 Å². The maximum atomic E-state index is 12.5. The molecule has 0 saturated heterocycles. The Labute approximate surface area is 115 Å². The Morgan fingerprint density at radius 2 is 1.89 bits per heavy atom. The monoisotopic (exact) mass is 268 g/mol. The number of benzene rings is 1. The molecule has 4 rings (SSSR count). The number of thiophene rings is 1. The Hall–Kier alpha value is -1.74. The third-order valence-electron chi connectivity index (χ3n) is 4.14. The molecule has 19 heavy (non-hydrogen) atoms. The van der Waals surface area contributed by atoms with Gasteiger partial charge in [0.2, 0.25) is 0 Å². The smallest absolute Gasteiger partial charge is 0.171 e. The van der Waals surface area contributed by atoms with Crippen LogP contribution in [0.3, 0.4) is 0 Å². The number of aryl methyl sites for hydroxylation is 1. The van der Waals surface area contributed by atoms with Crippen molar-refractivity contribution in [3.63, 3.8) is 0 Å².